The molecule has 1 atom stereocenters. The average molecular weight is 353 g/mol. The molecule has 0 fully saturated rings. The van der Waals surface area contributed by atoms with E-state index in [-0.39, 0.29) is 0 Å². The molecule has 1 aromatic carbocycles. The molecule has 20 heavy (non-hydrogen) atoms. The largest absolute Gasteiger partial charge is 0.313 e. The molecular weight excluding hydrogens is 332 g/mol. The summed E-state index contributed by atoms with van der Waals surface area (Å²) in [5, 5.41) is 7.78. The first kappa shape index (κ1) is 15.7. The first-order valence-corrected chi connectivity index (χ1v) is 8.55. The number of benzene rings is 1. The highest BCUT2D eigenvalue weighted by atomic mass is 79.9. The molecular formula is C16H21BrN2S. The van der Waals surface area contributed by atoms with E-state index < -0.39 is 0 Å². The number of hydrogen-bond acceptors (Lipinski definition) is 3. The van der Waals surface area contributed by atoms with Gasteiger partial charge in [0.1, 0.15) is 0 Å². The summed E-state index contributed by atoms with van der Waals surface area (Å²) < 4.78 is 1.13. The second-order valence-corrected chi connectivity index (χ2v) is 6.75. The molecule has 0 radical (unpaired) electrons. The molecule has 108 valence electrons. The SMILES string of the molecule is CNC(CCN(C)Cc1ccsc1)c1ccc(Br)cc1. The van der Waals surface area contributed by atoms with Crippen LogP contribution in [0.3, 0.4) is 0 Å². The van der Waals surface area contributed by atoms with E-state index >= 15 is 0 Å². The molecule has 0 amide bonds. The molecule has 0 aliphatic rings. The first-order valence-electron chi connectivity index (χ1n) is 6.81. The third-order valence-corrected chi connectivity index (χ3v) is 4.71. The van der Waals surface area contributed by atoms with Gasteiger partial charge in [0.05, 0.1) is 0 Å². The molecule has 0 saturated heterocycles. The topological polar surface area (TPSA) is 15.3 Å². The number of nitrogens with one attached hydrogen (secondary N) is 1. The van der Waals surface area contributed by atoms with Crippen LogP contribution >= 0.6 is 27.3 Å². The van der Waals surface area contributed by atoms with Gasteiger partial charge in [-0.1, -0.05) is 28.1 Å². The summed E-state index contributed by atoms with van der Waals surface area (Å²) in [6, 6.07) is 11.2. The third kappa shape index (κ3) is 4.70. The van der Waals surface area contributed by atoms with E-state index in [0.717, 1.165) is 24.0 Å². The maximum absolute atomic E-state index is 3.48. The van der Waals surface area contributed by atoms with E-state index in [1.54, 1.807) is 11.3 Å². The molecule has 1 unspecified atom stereocenters. The predicted octanol–water partition coefficient (Wildman–Crippen LogP) is 4.29. The van der Waals surface area contributed by atoms with Gasteiger partial charge in [-0.15, -0.1) is 0 Å². The van der Waals surface area contributed by atoms with Crippen molar-refractivity contribution in [3.63, 3.8) is 0 Å². The van der Waals surface area contributed by atoms with Crippen molar-refractivity contribution in [2.75, 3.05) is 20.6 Å². The van der Waals surface area contributed by atoms with Gasteiger partial charge in [-0.25, -0.2) is 0 Å². The molecule has 0 aliphatic heterocycles. The molecule has 1 aromatic heterocycles. The smallest absolute Gasteiger partial charge is 0.0329 e. The fraction of sp³-hybridized carbons (Fsp3) is 0.375. The zero-order valence-electron chi connectivity index (χ0n) is 12.0. The first-order chi connectivity index (χ1) is 9.69. The molecule has 0 bridgehead atoms. The summed E-state index contributed by atoms with van der Waals surface area (Å²) in [5.41, 5.74) is 2.75. The lowest BCUT2D eigenvalue weighted by Crippen LogP contribution is -2.25. The van der Waals surface area contributed by atoms with Crippen LogP contribution in [0.25, 0.3) is 0 Å². The summed E-state index contributed by atoms with van der Waals surface area (Å²) in [7, 11) is 4.22. The van der Waals surface area contributed by atoms with Gasteiger partial charge in [-0.2, -0.15) is 11.3 Å². The quantitative estimate of drug-likeness (QED) is 0.799. The van der Waals surface area contributed by atoms with Crippen LogP contribution in [0.5, 0.6) is 0 Å². The van der Waals surface area contributed by atoms with E-state index in [2.05, 4.69) is 74.3 Å². The van der Waals surface area contributed by atoms with Gasteiger partial charge in [0.15, 0.2) is 0 Å². The lowest BCUT2D eigenvalue weighted by molar-refractivity contribution is 0.304. The minimum absolute atomic E-state index is 0.410. The Kier molecular flexibility index (Phi) is 6.23. The van der Waals surface area contributed by atoms with Crippen molar-refractivity contribution in [1.82, 2.24) is 10.2 Å². The van der Waals surface area contributed by atoms with Crippen LogP contribution in [0.4, 0.5) is 0 Å². The average Bonchev–Trinajstić information content (AvgIpc) is 2.94. The standard InChI is InChI=1S/C16H21BrN2S/c1-18-16(14-3-5-15(17)6-4-14)7-9-19(2)11-13-8-10-20-12-13/h3-6,8,10,12,16,18H,7,9,11H2,1-2H3. The zero-order valence-corrected chi connectivity index (χ0v) is 14.4. The summed E-state index contributed by atoms with van der Waals surface area (Å²) >= 11 is 5.25. The molecule has 0 saturated carbocycles. The Morgan fingerprint density at radius 1 is 1.25 bits per heavy atom. The monoisotopic (exact) mass is 352 g/mol. The highest BCUT2D eigenvalue weighted by Gasteiger charge is 2.10. The Labute approximate surface area is 133 Å². The minimum atomic E-state index is 0.410. The van der Waals surface area contributed by atoms with Crippen molar-refractivity contribution >= 4 is 27.3 Å². The van der Waals surface area contributed by atoms with Crippen LogP contribution < -0.4 is 5.32 Å². The van der Waals surface area contributed by atoms with E-state index in [0.29, 0.717) is 6.04 Å². The van der Waals surface area contributed by atoms with Gasteiger partial charge >= 0.3 is 0 Å². The number of halogens is 1. The third-order valence-electron chi connectivity index (χ3n) is 3.45. The van der Waals surface area contributed by atoms with E-state index in [1.807, 2.05) is 7.05 Å². The van der Waals surface area contributed by atoms with E-state index in [4.69, 9.17) is 0 Å². The number of nitrogens with zero attached hydrogens (tertiary/aromatic N) is 1. The Morgan fingerprint density at radius 3 is 2.60 bits per heavy atom. The van der Waals surface area contributed by atoms with E-state index in [1.165, 1.54) is 11.1 Å². The van der Waals surface area contributed by atoms with Crippen LogP contribution in [-0.2, 0) is 6.54 Å². The van der Waals surface area contributed by atoms with Crippen LogP contribution in [-0.4, -0.2) is 25.5 Å². The second kappa shape index (κ2) is 7.93. The van der Waals surface area contributed by atoms with Crippen molar-refractivity contribution in [3.8, 4) is 0 Å². The van der Waals surface area contributed by atoms with Crippen LogP contribution in [0, 0.1) is 0 Å². The summed E-state index contributed by atoms with van der Waals surface area (Å²) in [6.07, 6.45) is 1.11. The van der Waals surface area contributed by atoms with Gasteiger partial charge < -0.3 is 10.2 Å². The lowest BCUT2D eigenvalue weighted by Gasteiger charge is -2.21. The summed E-state index contributed by atoms with van der Waals surface area (Å²) in [6.45, 7) is 2.11. The molecule has 1 N–H and O–H groups in total. The van der Waals surface area contributed by atoms with Crippen LogP contribution in [0.2, 0.25) is 0 Å². The van der Waals surface area contributed by atoms with Crippen molar-refractivity contribution in [1.29, 1.82) is 0 Å². The minimum Gasteiger partial charge on any atom is -0.313 e. The molecule has 2 rings (SSSR count). The number of thiophene rings is 1. The maximum Gasteiger partial charge on any atom is 0.0329 e. The number of rotatable bonds is 7. The molecule has 4 heteroatoms. The molecule has 2 aromatic rings. The Balaban J connectivity index is 1.85. The molecule has 1 heterocycles. The molecule has 0 spiro atoms. The zero-order chi connectivity index (χ0) is 14.4. The normalized spacial score (nSPS) is 12.8. The Morgan fingerprint density at radius 2 is 2.00 bits per heavy atom. The Bertz CT molecular complexity index is 496. The second-order valence-electron chi connectivity index (χ2n) is 5.05. The van der Waals surface area contributed by atoms with Crippen molar-refractivity contribution in [2.24, 2.45) is 0 Å². The van der Waals surface area contributed by atoms with Crippen LogP contribution in [0.15, 0.2) is 45.6 Å². The predicted molar refractivity (Wildman–Crippen MR) is 91.2 cm³/mol. The molecule has 0 aliphatic carbocycles. The van der Waals surface area contributed by atoms with Gasteiger partial charge in [0.25, 0.3) is 0 Å². The van der Waals surface area contributed by atoms with Gasteiger partial charge in [0.2, 0.25) is 0 Å². The highest BCUT2D eigenvalue weighted by Crippen LogP contribution is 2.20. The van der Waals surface area contributed by atoms with Gasteiger partial charge in [0, 0.05) is 17.1 Å². The van der Waals surface area contributed by atoms with Gasteiger partial charge in [-0.3, -0.25) is 0 Å². The van der Waals surface area contributed by atoms with E-state index in [9.17, 15) is 0 Å². The fourth-order valence-electron chi connectivity index (χ4n) is 2.30. The van der Waals surface area contributed by atoms with Crippen molar-refractivity contribution in [3.05, 3.63) is 56.7 Å². The summed E-state index contributed by atoms with van der Waals surface area (Å²) in [4.78, 5) is 2.38. The fourth-order valence-corrected chi connectivity index (χ4v) is 3.22. The summed E-state index contributed by atoms with van der Waals surface area (Å²) in [5.74, 6) is 0. The number of hydrogen-bond donors (Lipinski definition) is 1. The van der Waals surface area contributed by atoms with Crippen molar-refractivity contribution in [2.45, 2.75) is 19.0 Å². The molecule has 2 nitrogen and oxygen atoms in total. The van der Waals surface area contributed by atoms with Crippen molar-refractivity contribution < 1.29 is 0 Å². The highest BCUT2D eigenvalue weighted by molar-refractivity contribution is 9.10. The van der Waals surface area contributed by atoms with Gasteiger partial charge in [-0.05, 0) is 67.1 Å². The maximum atomic E-state index is 3.48. The lowest BCUT2D eigenvalue weighted by atomic mass is 10.0. The Hall–Kier alpha value is -0.680. The van der Waals surface area contributed by atoms with Crippen LogP contribution in [0.1, 0.15) is 23.6 Å².